The number of nitrogen functional groups attached to an aromatic ring is 1. The number of tetrazole rings is 1. The Labute approximate surface area is 127 Å². The Morgan fingerprint density at radius 1 is 1.22 bits per heavy atom. The molecule has 7 nitrogen and oxygen atoms in total. The first kappa shape index (κ1) is 14.9. The second-order valence-electron chi connectivity index (χ2n) is 4.63. The zero-order chi connectivity index (χ0) is 16.4. The van der Waals surface area contributed by atoms with Crippen LogP contribution in [0, 0.1) is 0 Å². The summed E-state index contributed by atoms with van der Waals surface area (Å²) in [5.41, 5.74) is 7.89. The number of anilines is 1. The van der Waals surface area contributed by atoms with Gasteiger partial charge < -0.3 is 10.2 Å². The highest BCUT2D eigenvalue weighted by atomic mass is 19.4. The molecule has 0 saturated heterocycles. The summed E-state index contributed by atoms with van der Waals surface area (Å²) >= 11 is 0. The number of rotatable bonds is 4. The highest BCUT2D eigenvalue weighted by molar-refractivity contribution is 5.58. The van der Waals surface area contributed by atoms with Gasteiger partial charge in [0.25, 0.3) is 5.95 Å². The molecule has 3 aromatic rings. The van der Waals surface area contributed by atoms with Crippen LogP contribution in [-0.4, -0.2) is 20.3 Å². The topological polar surface area (TPSA) is 94.8 Å². The van der Waals surface area contributed by atoms with Gasteiger partial charge in [-0.15, -0.1) is 4.79 Å². The molecule has 0 aliphatic rings. The maximum Gasteiger partial charge on any atom is 0.416 e. The predicted molar refractivity (Wildman–Crippen MR) is 74.4 cm³/mol. The van der Waals surface area contributed by atoms with Gasteiger partial charge in [-0.2, -0.15) is 13.2 Å². The third-order valence-corrected chi connectivity index (χ3v) is 3.03. The van der Waals surface area contributed by atoms with Crippen molar-refractivity contribution in [2.75, 3.05) is 11.2 Å². The second-order valence-corrected chi connectivity index (χ2v) is 4.63. The van der Waals surface area contributed by atoms with E-state index in [0.717, 1.165) is 16.9 Å². The van der Waals surface area contributed by atoms with Crippen molar-refractivity contribution in [3.63, 3.8) is 0 Å². The van der Waals surface area contributed by atoms with E-state index in [1.807, 2.05) is 0 Å². The normalized spacial score (nSPS) is 11.6. The summed E-state index contributed by atoms with van der Waals surface area (Å²) in [5.74, 6) is 0.902. The molecule has 0 unspecified atom stereocenters. The van der Waals surface area contributed by atoms with Gasteiger partial charge in [-0.1, -0.05) is 17.2 Å². The van der Waals surface area contributed by atoms with Gasteiger partial charge in [0.15, 0.2) is 0 Å². The van der Waals surface area contributed by atoms with Gasteiger partial charge in [-0.05, 0) is 34.7 Å². The lowest BCUT2D eigenvalue weighted by Crippen LogP contribution is -2.18. The van der Waals surface area contributed by atoms with E-state index in [4.69, 9.17) is 10.2 Å². The van der Waals surface area contributed by atoms with Gasteiger partial charge in [-0.25, -0.2) is 0 Å². The molecule has 0 spiro atoms. The maximum absolute atomic E-state index is 12.7. The van der Waals surface area contributed by atoms with Crippen molar-refractivity contribution >= 4 is 5.95 Å². The van der Waals surface area contributed by atoms with Crippen LogP contribution >= 0.6 is 0 Å². The predicted octanol–water partition coefficient (Wildman–Crippen LogP) is 2.28. The average Bonchev–Trinajstić information content (AvgIpc) is 3.13. The molecule has 0 aliphatic carbocycles. The Morgan fingerprint density at radius 2 is 2.04 bits per heavy atom. The molecule has 0 atom stereocenters. The number of alkyl halides is 3. The van der Waals surface area contributed by atoms with Crippen LogP contribution in [0.25, 0.3) is 11.3 Å². The smallest absolute Gasteiger partial charge is 0.416 e. The minimum absolute atomic E-state index is 0.0784. The number of nitrogens with one attached hydrogen (secondary N) is 1. The minimum atomic E-state index is -4.40. The molecule has 1 aromatic carbocycles. The molecule has 0 fully saturated rings. The SMILES string of the molecule is Nc1nnnn1NCc1ccc(-c2cccc(C(F)(F)F)c2)o1. The number of nitrogens with two attached hydrogens (primary N) is 1. The van der Waals surface area contributed by atoms with Crippen molar-refractivity contribution < 1.29 is 17.6 Å². The molecule has 2 aromatic heterocycles. The molecular formula is C13H11F3N6O. The summed E-state index contributed by atoms with van der Waals surface area (Å²) in [6.45, 7) is 0.216. The fourth-order valence-corrected chi connectivity index (χ4v) is 1.94. The lowest BCUT2D eigenvalue weighted by atomic mass is 10.1. The van der Waals surface area contributed by atoms with Crippen LogP contribution in [0.5, 0.6) is 0 Å². The lowest BCUT2D eigenvalue weighted by Gasteiger charge is -2.07. The quantitative estimate of drug-likeness (QED) is 0.764. The molecule has 120 valence electrons. The van der Waals surface area contributed by atoms with Gasteiger partial charge in [-0.3, -0.25) is 5.43 Å². The molecule has 3 rings (SSSR count). The fraction of sp³-hybridized carbons (Fsp3) is 0.154. The van der Waals surface area contributed by atoms with Crippen molar-refractivity contribution in [1.82, 2.24) is 20.3 Å². The standard InChI is InChI=1S/C13H11F3N6O/c14-13(15,16)9-3-1-2-8(6-9)11-5-4-10(23-11)7-18-22-12(17)19-20-21-22/h1-6,18H,7H2,(H2,17,19,21). The van der Waals surface area contributed by atoms with E-state index >= 15 is 0 Å². The fourth-order valence-electron chi connectivity index (χ4n) is 1.94. The first-order valence-electron chi connectivity index (χ1n) is 6.47. The van der Waals surface area contributed by atoms with E-state index in [-0.39, 0.29) is 12.5 Å². The van der Waals surface area contributed by atoms with Gasteiger partial charge in [0.05, 0.1) is 12.1 Å². The average molecular weight is 324 g/mol. The molecule has 3 N–H and O–H groups in total. The number of furan rings is 1. The van der Waals surface area contributed by atoms with E-state index in [9.17, 15) is 13.2 Å². The van der Waals surface area contributed by atoms with Crippen LogP contribution < -0.4 is 11.2 Å². The van der Waals surface area contributed by atoms with Crippen LogP contribution in [0.3, 0.4) is 0 Å². The number of nitrogens with zero attached hydrogens (tertiary/aromatic N) is 4. The van der Waals surface area contributed by atoms with E-state index in [0.29, 0.717) is 17.1 Å². The molecule has 23 heavy (non-hydrogen) atoms. The third-order valence-electron chi connectivity index (χ3n) is 3.03. The van der Waals surface area contributed by atoms with Gasteiger partial charge in [0, 0.05) is 5.56 Å². The molecule has 0 amide bonds. The Bertz CT molecular complexity index is 810. The molecule has 0 radical (unpaired) electrons. The zero-order valence-electron chi connectivity index (χ0n) is 11.6. The molecule has 0 bridgehead atoms. The molecule has 10 heteroatoms. The molecular weight excluding hydrogens is 313 g/mol. The van der Waals surface area contributed by atoms with Crippen LogP contribution in [0.4, 0.5) is 19.1 Å². The lowest BCUT2D eigenvalue weighted by molar-refractivity contribution is -0.137. The summed E-state index contributed by atoms with van der Waals surface area (Å²) in [6, 6.07) is 8.16. The van der Waals surface area contributed by atoms with Crippen molar-refractivity contribution in [3.05, 3.63) is 47.7 Å². The van der Waals surface area contributed by atoms with Crippen molar-refractivity contribution in [2.45, 2.75) is 12.7 Å². The van der Waals surface area contributed by atoms with Gasteiger partial charge in [0.1, 0.15) is 11.5 Å². The Morgan fingerprint density at radius 3 is 2.74 bits per heavy atom. The van der Waals surface area contributed by atoms with Crippen LogP contribution in [-0.2, 0) is 12.7 Å². The van der Waals surface area contributed by atoms with E-state index in [2.05, 4.69) is 21.0 Å². The van der Waals surface area contributed by atoms with Crippen molar-refractivity contribution in [1.29, 1.82) is 0 Å². The summed E-state index contributed by atoms with van der Waals surface area (Å²) < 4.78 is 43.7. The number of benzene rings is 1. The highest BCUT2D eigenvalue weighted by Crippen LogP contribution is 2.32. The summed E-state index contributed by atoms with van der Waals surface area (Å²) in [5, 5.41) is 10.4. The zero-order valence-corrected chi connectivity index (χ0v) is 11.6. The van der Waals surface area contributed by atoms with Crippen molar-refractivity contribution in [3.8, 4) is 11.3 Å². The van der Waals surface area contributed by atoms with Crippen LogP contribution in [0.15, 0.2) is 40.8 Å². The largest absolute Gasteiger partial charge is 0.459 e. The Balaban J connectivity index is 1.75. The molecule has 0 saturated carbocycles. The number of halogens is 3. The Kier molecular flexibility index (Phi) is 3.64. The number of hydrogen-bond donors (Lipinski definition) is 2. The van der Waals surface area contributed by atoms with Crippen molar-refractivity contribution in [2.24, 2.45) is 0 Å². The first-order chi connectivity index (χ1) is 10.9. The highest BCUT2D eigenvalue weighted by Gasteiger charge is 2.30. The van der Waals surface area contributed by atoms with Crippen LogP contribution in [0.2, 0.25) is 0 Å². The summed E-state index contributed by atoms with van der Waals surface area (Å²) in [7, 11) is 0. The molecule has 2 heterocycles. The third kappa shape index (κ3) is 3.25. The van der Waals surface area contributed by atoms with Crippen LogP contribution in [0.1, 0.15) is 11.3 Å². The number of hydrogen-bond acceptors (Lipinski definition) is 6. The van der Waals surface area contributed by atoms with Gasteiger partial charge >= 0.3 is 6.18 Å². The molecule has 0 aliphatic heterocycles. The van der Waals surface area contributed by atoms with E-state index in [1.165, 1.54) is 6.07 Å². The Hall–Kier alpha value is -3.04. The van der Waals surface area contributed by atoms with Gasteiger partial charge in [0.2, 0.25) is 0 Å². The minimum Gasteiger partial charge on any atom is -0.459 e. The number of aromatic nitrogens is 4. The maximum atomic E-state index is 12.7. The van der Waals surface area contributed by atoms with E-state index in [1.54, 1.807) is 18.2 Å². The second kappa shape index (κ2) is 5.63. The monoisotopic (exact) mass is 324 g/mol. The first-order valence-corrected chi connectivity index (χ1v) is 6.47. The summed E-state index contributed by atoms with van der Waals surface area (Å²) in [6.07, 6.45) is -4.40. The summed E-state index contributed by atoms with van der Waals surface area (Å²) in [4.78, 5) is 1.16. The van der Waals surface area contributed by atoms with E-state index < -0.39 is 11.7 Å².